The largest absolute Gasteiger partial charge is 0.372 e. The summed E-state index contributed by atoms with van der Waals surface area (Å²) in [6.45, 7) is 2.11. The molecule has 2 fully saturated rings. The van der Waals surface area contributed by atoms with Gasteiger partial charge in [0.05, 0.1) is 6.67 Å². The molecule has 4 N–H and O–H groups in total. The Kier molecular flexibility index (Phi) is 4.70. The van der Waals surface area contributed by atoms with Gasteiger partial charge in [0.25, 0.3) is 0 Å². The Labute approximate surface area is 111 Å². The lowest BCUT2D eigenvalue weighted by Crippen LogP contribution is -2.48. The highest BCUT2D eigenvalue weighted by Gasteiger charge is 2.37. The Morgan fingerprint density at radius 2 is 1.37 bits per heavy atom. The zero-order chi connectivity index (χ0) is 13.8. The molecule has 8 heteroatoms. The molecule has 0 radical (unpaired) electrons. The lowest BCUT2D eigenvalue weighted by Gasteiger charge is -2.30. The molecule has 108 valence electrons. The van der Waals surface area contributed by atoms with E-state index in [1.807, 2.05) is 9.80 Å². The Hall–Kier alpha value is -1.22. The van der Waals surface area contributed by atoms with Crippen molar-refractivity contribution in [3.8, 4) is 0 Å². The number of rotatable bonds is 4. The molecular formula is C11H20N4O4. The van der Waals surface area contributed by atoms with E-state index in [0.29, 0.717) is 6.67 Å². The predicted octanol–water partition coefficient (Wildman–Crippen LogP) is -1.29. The monoisotopic (exact) mass is 272 g/mol. The van der Waals surface area contributed by atoms with E-state index in [9.17, 15) is 9.59 Å². The SMILES string of the molecule is NOC(=O)[C@@H]1CCCN1CN1CCC[C@H]1C(=O)ON. The summed E-state index contributed by atoms with van der Waals surface area (Å²) < 4.78 is 0. The summed E-state index contributed by atoms with van der Waals surface area (Å²) in [5, 5.41) is 0. The number of hydrogen-bond acceptors (Lipinski definition) is 8. The zero-order valence-corrected chi connectivity index (χ0v) is 10.8. The maximum atomic E-state index is 11.6. The third-order valence-electron chi connectivity index (χ3n) is 3.87. The molecule has 2 saturated heterocycles. The molecule has 0 aromatic rings. The van der Waals surface area contributed by atoms with Crippen LogP contribution in [-0.2, 0) is 19.3 Å². The molecule has 2 aliphatic heterocycles. The second-order valence-electron chi connectivity index (χ2n) is 4.96. The van der Waals surface area contributed by atoms with Gasteiger partial charge in [-0.25, -0.2) is 9.59 Å². The van der Waals surface area contributed by atoms with E-state index in [1.165, 1.54) is 0 Å². The van der Waals surface area contributed by atoms with Gasteiger partial charge >= 0.3 is 11.9 Å². The van der Waals surface area contributed by atoms with E-state index in [-0.39, 0.29) is 12.1 Å². The molecule has 0 saturated carbocycles. The summed E-state index contributed by atoms with van der Waals surface area (Å²) in [7, 11) is 0. The standard InChI is InChI=1S/C11H20N4O4/c12-18-10(16)8-3-1-5-14(8)7-15-6-2-4-9(15)11(17)19-13/h8-9H,1-7,12-13H2/t8-,9-/m0/s1. The third kappa shape index (κ3) is 3.03. The molecule has 2 aliphatic rings. The van der Waals surface area contributed by atoms with Crippen molar-refractivity contribution in [3.63, 3.8) is 0 Å². The van der Waals surface area contributed by atoms with Gasteiger partial charge in [-0.3, -0.25) is 9.80 Å². The molecule has 0 unspecified atom stereocenters. The molecule has 0 aromatic carbocycles. The van der Waals surface area contributed by atoms with Crippen LogP contribution in [0.25, 0.3) is 0 Å². The average molecular weight is 272 g/mol. The van der Waals surface area contributed by atoms with E-state index in [1.54, 1.807) is 0 Å². The van der Waals surface area contributed by atoms with Crippen molar-refractivity contribution >= 4 is 11.9 Å². The van der Waals surface area contributed by atoms with Gasteiger partial charge in [0.2, 0.25) is 0 Å². The summed E-state index contributed by atoms with van der Waals surface area (Å²) >= 11 is 0. The van der Waals surface area contributed by atoms with Crippen LogP contribution in [0.15, 0.2) is 0 Å². The second-order valence-corrected chi connectivity index (χ2v) is 4.96. The van der Waals surface area contributed by atoms with E-state index in [2.05, 4.69) is 9.68 Å². The fraction of sp³-hybridized carbons (Fsp3) is 0.818. The molecule has 0 aromatic heterocycles. The van der Waals surface area contributed by atoms with E-state index in [4.69, 9.17) is 11.8 Å². The highest BCUT2D eigenvalue weighted by Crippen LogP contribution is 2.23. The van der Waals surface area contributed by atoms with Gasteiger partial charge < -0.3 is 9.68 Å². The molecule has 8 nitrogen and oxygen atoms in total. The lowest BCUT2D eigenvalue weighted by atomic mass is 10.2. The van der Waals surface area contributed by atoms with Crippen molar-refractivity contribution in [3.05, 3.63) is 0 Å². The van der Waals surface area contributed by atoms with Gasteiger partial charge in [-0.1, -0.05) is 0 Å². The first-order valence-electron chi connectivity index (χ1n) is 6.46. The van der Waals surface area contributed by atoms with Gasteiger partial charge in [0, 0.05) is 13.1 Å². The van der Waals surface area contributed by atoms with Crippen LogP contribution in [0, 0.1) is 0 Å². The van der Waals surface area contributed by atoms with Crippen molar-refractivity contribution in [1.29, 1.82) is 0 Å². The summed E-state index contributed by atoms with van der Waals surface area (Å²) in [5.41, 5.74) is 0. The Morgan fingerprint density at radius 3 is 1.74 bits per heavy atom. The predicted molar refractivity (Wildman–Crippen MR) is 64.9 cm³/mol. The fourth-order valence-corrected chi connectivity index (χ4v) is 2.92. The van der Waals surface area contributed by atoms with E-state index in [0.717, 1.165) is 38.8 Å². The highest BCUT2D eigenvalue weighted by atomic mass is 16.7. The normalized spacial score (nSPS) is 28.5. The molecule has 0 aliphatic carbocycles. The van der Waals surface area contributed by atoms with Gasteiger partial charge in [-0.2, -0.15) is 11.8 Å². The molecule has 0 amide bonds. The summed E-state index contributed by atoms with van der Waals surface area (Å²) in [6.07, 6.45) is 3.30. The summed E-state index contributed by atoms with van der Waals surface area (Å²) in [5.74, 6) is 9.03. The van der Waals surface area contributed by atoms with Crippen LogP contribution in [0.1, 0.15) is 25.7 Å². The maximum Gasteiger partial charge on any atom is 0.341 e. The number of carbonyl (C=O) groups is 2. The van der Waals surface area contributed by atoms with Gasteiger partial charge in [0.1, 0.15) is 12.1 Å². The van der Waals surface area contributed by atoms with Crippen LogP contribution in [0.2, 0.25) is 0 Å². The van der Waals surface area contributed by atoms with Crippen LogP contribution in [0.3, 0.4) is 0 Å². The first kappa shape index (κ1) is 14.2. The first-order chi connectivity index (χ1) is 9.17. The van der Waals surface area contributed by atoms with Crippen molar-refractivity contribution in [2.24, 2.45) is 11.8 Å². The van der Waals surface area contributed by atoms with Crippen LogP contribution in [0.5, 0.6) is 0 Å². The minimum Gasteiger partial charge on any atom is -0.372 e. The minimum absolute atomic E-state index is 0.319. The quantitative estimate of drug-likeness (QED) is 0.608. The number of carbonyl (C=O) groups excluding carboxylic acids is 2. The smallest absolute Gasteiger partial charge is 0.341 e. The number of likely N-dealkylation sites (tertiary alicyclic amines) is 2. The molecule has 2 rings (SSSR count). The second kappa shape index (κ2) is 6.29. The Balaban J connectivity index is 1.96. The van der Waals surface area contributed by atoms with E-state index < -0.39 is 11.9 Å². The van der Waals surface area contributed by atoms with Crippen LogP contribution >= 0.6 is 0 Å². The van der Waals surface area contributed by atoms with Gasteiger partial charge in [0.15, 0.2) is 0 Å². The van der Waals surface area contributed by atoms with Crippen molar-refractivity contribution in [1.82, 2.24) is 9.80 Å². The lowest BCUT2D eigenvalue weighted by molar-refractivity contribution is -0.152. The topological polar surface area (TPSA) is 111 Å². The van der Waals surface area contributed by atoms with Gasteiger partial charge in [-0.05, 0) is 25.7 Å². The minimum atomic E-state index is -0.422. The van der Waals surface area contributed by atoms with Crippen molar-refractivity contribution < 1.29 is 19.3 Å². The summed E-state index contributed by atoms with van der Waals surface area (Å²) in [6, 6.07) is -0.639. The highest BCUT2D eigenvalue weighted by molar-refractivity contribution is 5.76. The molecular weight excluding hydrogens is 252 g/mol. The van der Waals surface area contributed by atoms with E-state index >= 15 is 0 Å². The summed E-state index contributed by atoms with van der Waals surface area (Å²) in [4.78, 5) is 35.7. The fourth-order valence-electron chi connectivity index (χ4n) is 2.92. The van der Waals surface area contributed by atoms with Gasteiger partial charge in [-0.15, -0.1) is 0 Å². The van der Waals surface area contributed by atoms with Crippen molar-refractivity contribution in [2.45, 2.75) is 37.8 Å². The molecule has 2 atom stereocenters. The molecule has 0 spiro atoms. The van der Waals surface area contributed by atoms with Crippen LogP contribution < -0.4 is 11.8 Å². The number of hydrogen-bond donors (Lipinski definition) is 2. The molecule has 0 bridgehead atoms. The van der Waals surface area contributed by atoms with Crippen LogP contribution in [0.4, 0.5) is 0 Å². The number of nitrogens with zero attached hydrogens (tertiary/aromatic N) is 2. The Bertz CT molecular complexity index is 320. The maximum absolute atomic E-state index is 11.6. The third-order valence-corrected chi connectivity index (χ3v) is 3.87. The van der Waals surface area contributed by atoms with Crippen LogP contribution in [-0.4, -0.2) is 53.6 Å². The Morgan fingerprint density at radius 1 is 0.947 bits per heavy atom. The molecule has 19 heavy (non-hydrogen) atoms. The first-order valence-corrected chi connectivity index (χ1v) is 6.46. The molecule has 2 heterocycles. The number of nitrogens with two attached hydrogens (primary N) is 2. The average Bonchev–Trinajstić information content (AvgIpc) is 3.06. The zero-order valence-electron chi connectivity index (χ0n) is 10.8. The van der Waals surface area contributed by atoms with Crippen molar-refractivity contribution in [2.75, 3.05) is 19.8 Å².